The number of alkyl carbamates (subject to hydrolysis) is 1. The Morgan fingerprint density at radius 2 is 1.84 bits per heavy atom. The smallest absolute Gasteiger partial charge is 0.407 e. The van der Waals surface area contributed by atoms with Crippen LogP contribution in [-0.2, 0) is 10.2 Å². The number of hydrogen-bond acceptors (Lipinski definition) is 4. The molecule has 0 spiro atoms. The second kappa shape index (κ2) is 9.65. The van der Waals surface area contributed by atoms with Gasteiger partial charge in [0.05, 0.1) is 6.54 Å². The fraction of sp³-hybridized carbons (Fsp3) is 0.667. The molecule has 0 aliphatic carbocycles. The highest BCUT2D eigenvalue weighted by molar-refractivity contribution is 7.10. The first-order chi connectivity index (χ1) is 11.6. The van der Waals surface area contributed by atoms with Crippen LogP contribution in [-0.4, -0.2) is 43.8 Å². The number of carbonyl (C=O) groups excluding carboxylic acids is 1. The van der Waals surface area contributed by atoms with Crippen LogP contribution in [0.2, 0.25) is 0 Å². The summed E-state index contributed by atoms with van der Waals surface area (Å²) in [5.74, 6) is 0.748. The second-order valence-corrected chi connectivity index (χ2v) is 8.36. The number of rotatable bonds is 7. The first-order valence-electron chi connectivity index (χ1n) is 8.67. The van der Waals surface area contributed by atoms with Crippen molar-refractivity contribution in [2.75, 3.05) is 26.2 Å². The molecule has 0 atom stereocenters. The number of nitrogens with zero attached hydrogens (tertiary/aromatic N) is 1. The molecule has 6 nitrogen and oxygen atoms in total. The molecule has 0 bridgehead atoms. The van der Waals surface area contributed by atoms with Crippen LogP contribution in [0, 0.1) is 0 Å². The van der Waals surface area contributed by atoms with Crippen molar-refractivity contribution in [2.24, 2.45) is 4.99 Å². The third kappa shape index (κ3) is 8.77. The van der Waals surface area contributed by atoms with E-state index in [1.54, 1.807) is 11.3 Å². The summed E-state index contributed by atoms with van der Waals surface area (Å²) < 4.78 is 5.20. The molecule has 0 aliphatic rings. The lowest BCUT2D eigenvalue weighted by Gasteiger charge is -2.22. The summed E-state index contributed by atoms with van der Waals surface area (Å²) in [4.78, 5) is 17.6. The average molecular weight is 369 g/mol. The standard InChI is InChI=1S/C18H32N4O2S/c1-7-19-15(20-10-11-21-16(23)24-17(2,3)4)22-13-18(5,6)14-9-8-12-25-14/h8-9,12H,7,10-11,13H2,1-6H3,(H,21,23)(H2,19,20,22). The number of nitrogens with one attached hydrogen (secondary N) is 3. The van der Waals surface area contributed by atoms with E-state index in [0.29, 0.717) is 19.6 Å². The third-order valence-electron chi connectivity index (χ3n) is 3.25. The minimum atomic E-state index is -0.485. The van der Waals surface area contributed by atoms with Gasteiger partial charge in [-0.15, -0.1) is 11.3 Å². The molecule has 0 radical (unpaired) electrons. The fourth-order valence-corrected chi connectivity index (χ4v) is 2.86. The Kier molecular flexibility index (Phi) is 8.22. The SMILES string of the molecule is CCNC(=NCC(C)(C)c1cccs1)NCCNC(=O)OC(C)(C)C. The Bertz CT molecular complexity index is 548. The van der Waals surface area contributed by atoms with E-state index in [2.05, 4.69) is 52.3 Å². The Labute approximate surface area is 155 Å². The predicted octanol–water partition coefficient (Wildman–Crippen LogP) is 3.11. The molecular weight excluding hydrogens is 336 g/mol. The average Bonchev–Trinajstić information content (AvgIpc) is 3.02. The van der Waals surface area contributed by atoms with E-state index < -0.39 is 11.7 Å². The maximum atomic E-state index is 11.6. The molecule has 25 heavy (non-hydrogen) atoms. The van der Waals surface area contributed by atoms with Gasteiger partial charge in [0, 0.05) is 29.9 Å². The summed E-state index contributed by atoms with van der Waals surface area (Å²) >= 11 is 1.75. The Hall–Kier alpha value is -1.76. The monoisotopic (exact) mass is 368 g/mol. The summed E-state index contributed by atoms with van der Waals surface area (Å²) in [5.41, 5.74) is -0.493. The number of carbonyl (C=O) groups is 1. The molecule has 0 saturated carbocycles. The van der Waals surface area contributed by atoms with Gasteiger partial charge in [0.15, 0.2) is 5.96 Å². The van der Waals surface area contributed by atoms with Crippen molar-refractivity contribution in [3.8, 4) is 0 Å². The minimum absolute atomic E-state index is 0.00865. The largest absolute Gasteiger partial charge is 0.444 e. The number of guanidine groups is 1. The van der Waals surface area contributed by atoms with Crippen LogP contribution < -0.4 is 16.0 Å². The van der Waals surface area contributed by atoms with E-state index in [0.717, 1.165) is 12.5 Å². The molecule has 0 aliphatic heterocycles. The van der Waals surface area contributed by atoms with Gasteiger partial charge in [-0.05, 0) is 39.1 Å². The van der Waals surface area contributed by atoms with E-state index in [1.807, 2.05) is 27.7 Å². The first-order valence-corrected chi connectivity index (χ1v) is 9.55. The van der Waals surface area contributed by atoms with E-state index >= 15 is 0 Å². The molecule has 1 amide bonds. The van der Waals surface area contributed by atoms with Gasteiger partial charge in [0.2, 0.25) is 0 Å². The summed E-state index contributed by atoms with van der Waals surface area (Å²) in [6.07, 6.45) is -0.407. The predicted molar refractivity (Wildman–Crippen MR) is 106 cm³/mol. The molecule has 142 valence electrons. The van der Waals surface area contributed by atoms with Gasteiger partial charge < -0.3 is 20.7 Å². The Morgan fingerprint density at radius 3 is 2.40 bits per heavy atom. The molecule has 0 fully saturated rings. The normalized spacial score (nSPS) is 12.6. The zero-order chi connectivity index (χ0) is 18.9. The van der Waals surface area contributed by atoms with Crippen molar-refractivity contribution in [1.29, 1.82) is 0 Å². The third-order valence-corrected chi connectivity index (χ3v) is 4.49. The van der Waals surface area contributed by atoms with Gasteiger partial charge in [-0.3, -0.25) is 4.99 Å². The topological polar surface area (TPSA) is 74.8 Å². The van der Waals surface area contributed by atoms with Crippen molar-refractivity contribution in [3.05, 3.63) is 22.4 Å². The Balaban J connectivity index is 2.45. The van der Waals surface area contributed by atoms with Gasteiger partial charge in [-0.25, -0.2) is 4.79 Å². The molecule has 1 rings (SSSR count). The minimum Gasteiger partial charge on any atom is -0.444 e. The van der Waals surface area contributed by atoms with Gasteiger partial charge >= 0.3 is 6.09 Å². The quantitative estimate of drug-likeness (QED) is 0.393. The molecule has 1 aromatic heterocycles. The number of hydrogen-bond donors (Lipinski definition) is 3. The van der Waals surface area contributed by atoms with E-state index in [1.165, 1.54) is 4.88 Å². The molecule has 1 heterocycles. The second-order valence-electron chi connectivity index (χ2n) is 7.41. The highest BCUT2D eigenvalue weighted by Gasteiger charge is 2.21. The first kappa shape index (κ1) is 21.3. The van der Waals surface area contributed by atoms with Gasteiger partial charge in [0.1, 0.15) is 5.60 Å². The number of amides is 1. The molecule has 0 aromatic carbocycles. The summed E-state index contributed by atoms with van der Waals surface area (Å²) in [5, 5.41) is 11.3. The van der Waals surface area contributed by atoms with Crippen LogP contribution in [0.3, 0.4) is 0 Å². The van der Waals surface area contributed by atoms with Crippen molar-refractivity contribution >= 4 is 23.4 Å². The summed E-state index contributed by atoms with van der Waals surface area (Å²) in [7, 11) is 0. The van der Waals surface area contributed by atoms with Crippen molar-refractivity contribution in [1.82, 2.24) is 16.0 Å². The molecule has 0 unspecified atom stereocenters. The molecule has 1 aromatic rings. The lowest BCUT2D eigenvalue weighted by molar-refractivity contribution is 0.0529. The van der Waals surface area contributed by atoms with Crippen molar-refractivity contribution in [3.63, 3.8) is 0 Å². The fourth-order valence-electron chi connectivity index (χ4n) is 2.02. The zero-order valence-corrected chi connectivity index (χ0v) is 17.0. The maximum absolute atomic E-state index is 11.6. The highest BCUT2D eigenvalue weighted by Crippen LogP contribution is 2.27. The molecule has 0 saturated heterocycles. The molecule has 7 heteroatoms. The number of aliphatic imine (C=N–C) groups is 1. The molecule has 3 N–H and O–H groups in total. The van der Waals surface area contributed by atoms with E-state index in [4.69, 9.17) is 4.74 Å². The zero-order valence-electron chi connectivity index (χ0n) is 16.2. The van der Waals surface area contributed by atoms with Crippen LogP contribution in [0.25, 0.3) is 0 Å². The molecular formula is C18H32N4O2S. The van der Waals surface area contributed by atoms with E-state index in [-0.39, 0.29) is 5.41 Å². The Morgan fingerprint density at radius 1 is 1.16 bits per heavy atom. The van der Waals surface area contributed by atoms with Crippen LogP contribution in [0.4, 0.5) is 4.79 Å². The van der Waals surface area contributed by atoms with Gasteiger partial charge in [-0.2, -0.15) is 0 Å². The van der Waals surface area contributed by atoms with E-state index in [9.17, 15) is 4.79 Å². The van der Waals surface area contributed by atoms with Crippen molar-refractivity contribution < 1.29 is 9.53 Å². The summed E-state index contributed by atoms with van der Waals surface area (Å²) in [6.45, 7) is 14.4. The van der Waals surface area contributed by atoms with Gasteiger partial charge in [-0.1, -0.05) is 19.9 Å². The lowest BCUT2D eigenvalue weighted by Crippen LogP contribution is -2.43. The van der Waals surface area contributed by atoms with Crippen LogP contribution >= 0.6 is 11.3 Å². The van der Waals surface area contributed by atoms with Gasteiger partial charge in [0.25, 0.3) is 0 Å². The lowest BCUT2D eigenvalue weighted by atomic mass is 9.92. The number of ether oxygens (including phenoxy) is 1. The van der Waals surface area contributed by atoms with Crippen LogP contribution in [0.1, 0.15) is 46.4 Å². The van der Waals surface area contributed by atoms with Crippen LogP contribution in [0.15, 0.2) is 22.5 Å². The van der Waals surface area contributed by atoms with Crippen molar-refractivity contribution in [2.45, 2.75) is 52.6 Å². The maximum Gasteiger partial charge on any atom is 0.407 e. The summed E-state index contributed by atoms with van der Waals surface area (Å²) in [6, 6.07) is 4.21. The number of thiophene rings is 1. The van der Waals surface area contributed by atoms with Crippen LogP contribution in [0.5, 0.6) is 0 Å². The highest BCUT2D eigenvalue weighted by atomic mass is 32.1.